The van der Waals surface area contributed by atoms with Gasteiger partial charge in [-0.2, -0.15) is 0 Å². The molecule has 0 radical (unpaired) electrons. The van der Waals surface area contributed by atoms with Crippen molar-refractivity contribution in [1.82, 2.24) is 0 Å². The van der Waals surface area contributed by atoms with Gasteiger partial charge in [0.25, 0.3) is 0 Å². The number of ketones is 1. The molecular formula is C18H22O6S. The Bertz CT molecular complexity index is 751. The molecule has 6 nitrogen and oxygen atoms in total. The number of hydrogen-bond donors (Lipinski definition) is 1. The summed E-state index contributed by atoms with van der Waals surface area (Å²) in [5.74, 6) is 0.184. The number of thiophene rings is 1. The van der Waals surface area contributed by atoms with Crippen LogP contribution in [0, 0.1) is 5.92 Å². The number of hydrogen-bond acceptors (Lipinski definition) is 7. The molecule has 2 aromatic rings. The predicted molar refractivity (Wildman–Crippen MR) is 95.7 cm³/mol. The molecule has 1 unspecified atom stereocenters. The van der Waals surface area contributed by atoms with Gasteiger partial charge in [-0.1, -0.05) is 6.92 Å². The van der Waals surface area contributed by atoms with Crippen molar-refractivity contribution in [3.63, 3.8) is 0 Å². The number of carbonyl (C=O) groups is 2. The lowest BCUT2D eigenvalue weighted by Crippen LogP contribution is -2.16. The number of aliphatic hydroxyl groups excluding tert-OH is 1. The molecule has 0 amide bonds. The van der Waals surface area contributed by atoms with E-state index >= 15 is 0 Å². The Morgan fingerprint density at radius 3 is 2.60 bits per heavy atom. The highest BCUT2D eigenvalue weighted by molar-refractivity contribution is 7.20. The molecule has 25 heavy (non-hydrogen) atoms. The largest absolute Gasteiger partial charge is 0.493 e. The summed E-state index contributed by atoms with van der Waals surface area (Å²) in [4.78, 5) is 24.5. The molecule has 2 rings (SSSR count). The summed E-state index contributed by atoms with van der Waals surface area (Å²) < 4.78 is 16.5. The first-order chi connectivity index (χ1) is 12.0. The monoisotopic (exact) mass is 366 g/mol. The molecule has 7 heteroatoms. The second kappa shape index (κ2) is 8.82. The number of esters is 1. The maximum Gasteiger partial charge on any atom is 0.308 e. The summed E-state index contributed by atoms with van der Waals surface area (Å²) in [6.45, 7) is 2.11. The van der Waals surface area contributed by atoms with Gasteiger partial charge in [0.05, 0.1) is 31.6 Å². The van der Waals surface area contributed by atoms with E-state index in [-0.39, 0.29) is 18.8 Å². The van der Waals surface area contributed by atoms with Gasteiger partial charge in [0.15, 0.2) is 17.3 Å². The summed E-state index contributed by atoms with van der Waals surface area (Å²) in [5.41, 5.74) is 0. The van der Waals surface area contributed by atoms with E-state index in [9.17, 15) is 9.59 Å². The number of Topliss-reactive ketones (excluding diaryl/α,β-unsaturated/α-hetero) is 1. The van der Waals surface area contributed by atoms with Crippen LogP contribution in [0.5, 0.6) is 11.5 Å². The molecule has 0 aliphatic carbocycles. The minimum absolute atomic E-state index is 0.0556. The Morgan fingerprint density at radius 1 is 1.20 bits per heavy atom. The van der Waals surface area contributed by atoms with Crippen molar-refractivity contribution >= 4 is 33.2 Å². The number of ether oxygens (including phenoxy) is 3. The van der Waals surface area contributed by atoms with Crippen LogP contribution in [-0.2, 0) is 9.53 Å². The third-order valence-electron chi connectivity index (χ3n) is 3.73. The fraction of sp³-hybridized carbons (Fsp3) is 0.444. The van der Waals surface area contributed by atoms with Crippen LogP contribution < -0.4 is 9.47 Å². The molecule has 1 aromatic carbocycles. The zero-order valence-corrected chi connectivity index (χ0v) is 15.4. The SMILES string of the molecule is COC(=O)C(C)CC(=O)c1cc2cc(OCCCO)c(OC)cc2s1. The first kappa shape index (κ1) is 19.2. The van der Waals surface area contributed by atoms with Gasteiger partial charge in [-0.15, -0.1) is 11.3 Å². The van der Waals surface area contributed by atoms with Crippen molar-refractivity contribution in [3.05, 3.63) is 23.1 Å². The molecule has 0 aliphatic heterocycles. The van der Waals surface area contributed by atoms with E-state index in [1.165, 1.54) is 18.4 Å². The van der Waals surface area contributed by atoms with Gasteiger partial charge in [0, 0.05) is 30.2 Å². The maximum absolute atomic E-state index is 12.4. The van der Waals surface area contributed by atoms with Crippen molar-refractivity contribution in [3.8, 4) is 11.5 Å². The number of methoxy groups -OCH3 is 2. The van der Waals surface area contributed by atoms with Gasteiger partial charge in [-0.05, 0) is 17.5 Å². The third kappa shape index (κ3) is 4.70. The van der Waals surface area contributed by atoms with Gasteiger partial charge < -0.3 is 19.3 Å². The van der Waals surface area contributed by atoms with Crippen LogP contribution in [0.25, 0.3) is 10.1 Å². The van der Waals surface area contributed by atoms with Gasteiger partial charge in [0.2, 0.25) is 0 Å². The second-order valence-electron chi connectivity index (χ2n) is 5.63. The topological polar surface area (TPSA) is 82.1 Å². The third-order valence-corrected chi connectivity index (χ3v) is 4.87. The van der Waals surface area contributed by atoms with E-state index in [0.717, 1.165) is 10.1 Å². The molecule has 0 aliphatic rings. The van der Waals surface area contributed by atoms with Crippen LogP contribution >= 0.6 is 11.3 Å². The van der Waals surface area contributed by atoms with Crippen LogP contribution in [0.3, 0.4) is 0 Å². The number of benzene rings is 1. The molecule has 1 N–H and O–H groups in total. The van der Waals surface area contributed by atoms with Crippen LogP contribution in [-0.4, -0.2) is 44.3 Å². The molecule has 0 spiro atoms. The molecule has 0 saturated heterocycles. The van der Waals surface area contributed by atoms with Crippen molar-refractivity contribution in [2.24, 2.45) is 5.92 Å². The summed E-state index contributed by atoms with van der Waals surface area (Å²) >= 11 is 1.36. The van der Waals surface area contributed by atoms with Gasteiger partial charge in [-0.25, -0.2) is 0 Å². The Kier molecular flexibility index (Phi) is 6.78. The van der Waals surface area contributed by atoms with Crippen molar-refractivity contribution in [1.29, 1.82) is 0 Å². The van der Waals surface area contributed by atoms with Crippen molar-refractivity contribution in [2.45, 2.75) is 19.8 Å². The fourth-order valence-electron chi connectivity index (χ4n) is 2.37. The minimum atomic E-state index is -0.477. The van der Waals surface area contributed by atoms with E-state index in [0.29, 0.717) is 29.4 Å². The second-order valence-corrected chi connectivity index (χ2v) is 6.71. The summed E-state index contributed by atoms with van der Waals surface area (Å²) in [6, 6.07) is 5.45. The molecule has 1 aromatic heterocycles. The number of rotatable bonds is 9. The van der Waals surface area contributed by atoms with Crippen LogP contribution in [0.4, 0.5) is 0 Å². The van der Waals surface area contributed by atoms with Crippen LogP contribution in [0.2, 0.25) is 0 Å². The van der Waals surface area contributed by atoms with E-state index in [1.807, 2.05) is 12.1 Å². The quantitative estimate of drug-likeness (QED) is 0.417. The Hall–Kier alpha value is -2.12. The smallest absolute Gasteiger partial charge is 0.308 e. The maximum atomic E-state index is 12.4. The predicted octanol–water partition coefficient (Wildman–Crippen LogP) is 3.05. The first-order valence-electron chi connectivity index (χ1n) is 7.96. The lowest BCUT2D eigenvalue weighted by molar-refractivity contribution is -0.144. The molecule has 0 saturated carbocycles. The number of fused-ring (bicyclic) bond motifs is 1. The lowest BCUT2D eigenvalue weighted by atomic mass is 10.0. The fourth-order valence-corrected chi connectivity index (χ4v) is 3.39. The van der Waals surface area contributed by atoms with Gasteiger partial charge >= 0.3 is 5.97 Å². The number of aliphatic hydroxyl groups is 1. The highest BCUT2D eigenvalue weighted by Crippen LogP contribution is 2.37. The zero-order chi connectivity index (χ0) is 18.4. The van der Waals surface area contributed by atoms with Crippen LogP contribution in [0.15, 0.2) is 18.2 Å². The Morgan fingerprint density at radius 2 is 1.96 bits per heavy atom. The molecule has 1 atom stereocenters. The van der Waals surface area contributed by atoms with Gasteiger partial charge in [-0.3, -0.25) is 9.59 Å². The van der Waals surface area contributed by atoms with Crippen LogP contribution in [0.1, 0.15) is 29.4 Å². The molecule has 136 valence electrons. The van der Waals surface area contributed by atoms with E-state index in [4.69, 9.17) is 14.6 Å². The average molecular weight is 366 g/mol. The van der Waals surface area contributed by atoms with Crippen molar-refractivity contribution < 1.29 is 28.9 Å². The zero-order valence-electron chi connectivity index (χ0n) is 14.5. The van der Waals surface area contributed by atoms with E-state index < -0.39 is 11.9 Å². The lowest BCUT2D eigenvalue weighted by Gasteiger charge is -2.10. The van der Waals surface area contributed by atoms with E-state index in [2.05, 4.69) is 4.74 Å². The molecule has 0 bridgehead atoms. The minimum Gasteiger partial charge on any atom is -0.493 e. The molecular weight excluding hydrogens is 344 g/mol. The summed E-state index contributed by atoms with van der Waals surface area (Å²) in [5, 5.41) is 9.73. The van der Waals surface area contributed by atoms with Crippen molar-refractivity contribution in [2.75, 3.05) is 27.4 Å². The molecule has 0 fully saturated rings. The normalized spacial score (nSPS) is 12.0. The highest BCUT2D eigenvalue weighted by Gasteiger charge is 2.20. The average Bonchev–Trinajstić information content (AvgIpc) is 3.03. The first-order valence-corrected chi connectivity index (χ1v) is 8.78. The van der Waals surface area contributed by atoms with E-state index in [1.54, 1.807) is 20.1 Å². The Labute approximate surface area is 150 Å². The number of carbonyl (C=O) groups excluding carboxylic acids is 2. The highest BCUT2D eigenvalue weighted by atomic mass is 32.1. The summed E-state index contributed by atoms with van der Waals surface area (Å²) in [6.07, 6.45) is 0.635. The summed E-state index contributed by atoms with van der Waals surface area (Å²) in [7, 11) is 2.87. The molecule has 1 heterocycles. The van der Waals surface area contributed by atoms with Gasteiger partial charge in [0.1, 0.15) is 0 Å². The standard InChI is InChI=1S/C18H22O6S/c1-11(18(21)23-3)7-13(20)17-9-12-8-15(24-6-4-5-19)14(22-2)10-16(12)25-17/h8-11,19H,4-7H2,1-3H3. The Balaban J connectivity index is 2.23.